The van der Waals surface area contributed by atoms with E-state index in [2.05, 4.69) is 63.4 Å². The van der Waals surface area contributed by atoms with Gasteiger partial charge in [-0.2, -0.15) is 0 Å². The SMILES string of the molecule is CN(C)C1CCN(Cc2cc3cc4c(cc3n2C)CCCc2c-4[nH]c(=O)c(OC(=O)O)c2O)CC1.Cl.Cl. The van der Waals surface area contributed by atoms with Crippen LogP contribution < -0.4 is 10.3 Å². The summed E-state index contributed by atoms with van der Waals surface area (Å²) in [5, 5.41) is 20.7. The molecule has 11 heteroatoms. The van der Waals surface area contributed by atoms with Crippen molar-refractivity contribution >= 4 is 41.9 Å². The molecule has 1 saturated heterocycles. The first kappa shape index (κ1) is 28.8. The topological polar surface area (TPSA) is 111 Å². The van der Waals surface area contributed by atoms with Crippen LogP contribution in [0.2, 0.25) is 0 Å². The second-order valence-electron chi connectivity index (χ2n) is 9.94. The van der Waals surface area contributed by atoms with E-state index in [-0.39, 0.29) is 24.8 Å². The van der Waals surface area contributed by atoms with Gasteiger partial charge in [0, 0.05) is 60.4 Å². The average molecular weight is 553 g/mol. The van der Waals surface area contributed by atoms with Crippen LogP contribution in [0, 0.1) is 0 Å². The molecule has 3 heterocycles. The van der Waals surface area contributed by atoms with Gasteiger partial charge in [-0.15, -0.1) is 24.8 Å². The summed E-state index contributed by atoms with van der Waals surface area (Å²) in [6.45, 7) is 3.05. The molecule has 202 valence electrons. The minimum absolute atomic E-state index is 0. The molecule has 0 bridgehead atoms. The van der Waals surface area contributed by atoms with E-state index in [1.54, 1.807) is 0 Å². The molecule has 0 atom stereocenters. The Bertz CT molecular complexity index is 1360. The molecule has 9 nitrogen and oxygen atoms in total. The van der Waals surface area contributed by atoms with E-state index in [1.165, 1.54) is 18.5 Å². The normalized spacial score (nSPS) is 15.9. The van der Waals surface area contributed by atoms with Crippen molar-refractivity contribution in [2.24, 2.45) is 7.05 Å². The minimum Gasteiger partial charge on any atom is -0.504 e. The number of fused-ring (bicyclic) bond motifs is 4. The standard InChI is InChI=1S/C26H32N4O5.2ClH/c1-28(2)17-7-9-30(10-8-17)14-18-11-16-12-20-15(13-21(16)29(18)3)5-4-6-19-22(20)27-25(32)24(23(19)31)35-26(33)34;;/h11-13,17H,4-10,14H2,1-3H3,(H,33,34)(H2,27,31,32);2*1H. The molecular weight excluding hydrogens is 519 g/mol. The van der Waals surface area contributed by atoms with Gasteiger partial charge in [-0.1, -0.05) is 0 Å². The number of benzene rings is 1. The number of hydrogen-bond acceptors (Lipinski definition) is 6. The van der Waals surface area contributed by atoms with Crippen LogP contribution in [0.5, 0.6) is 11.5 Å². The predicted octanol–water partition coefficient (Wildman–Crippen LogP) is 4.15. The lowest BCUT2D eigenvalue weighted by Crippen LogP contribution is -2.41. The van der Waals surface area contributed by atoms with Gasteiger partial charge in [0.25, 0.3) is 5.56 Å². The van der Waals surface area contributed by atoms with Crippen LogP contribution in [0.4, 0.5) is 4.79 Å². The average Bonchev–Trinajstić information content (AvgIpc) is 3.00. The number of pyridine rings is 1. The minimum atomic E-state index is -1.63. The molecule has 0 amide bonds. The number of rotatable bonds is 4. The molecule has 3 N–H and O–H groups in total. The molecule has 2 aromatic heterocycles. The van der Waals surface area contributed by atoms with Gasteiger partial charge in [-0.3, -0.25) is 9.69 Å². The number of likely N-dealkylation sites (tertiary alicyclic amines) is 1. The summed E-state index contributed by atoms with van der Waals surface area (Å²) in [4.78, 5) is 31.2. The van der Waals surface area contributed by atoms with E-state index in [9.17, 15) is 14.7 Å². The molecule has 1 aliphatic carbocycles. The molecule has 1 fully saturated rings. The number of H-pyrrole nitrogens is 1. The fourth-order valence-electron chi connectivity index (χ4n) is 5.62. The zero-order chi connectivity index (χ0) is 24.9. The fraction of sp³-hybridized carbons (Fsp3) is 0.462. The number of aromatic amines is 1. The summed E-state index contributed by atoms with van der Waals surface area (Å²) in [6, 6.07) is 7.11. The largest absolute Gasteiger partial charge is 0.511 e. The molecule has 1 aromatic carbocycles. The van der Waals surface area contributed by atoms with E-state index in [0.717, 1.165) is 54.5 Å². The highest BCUT2D eigenvalue weighted by Crippen LogP contribution is 2.40. The van der Waals surface area contributed by atoms with Gasteiger partial charge < -0.3 is 29.4 Å². The summed E-state index contributed by atoms with van der Waals surface area (Å²) in [5.41, 5.74) is 4.63. The Morgan fingerprint density at radius 3 is 2.51 bits per heavy atom. The molecule has 0 radical (unpaired) electrons. The van der Waals surface area contributed by atoms with Gasteiger partial charge in [0.15, 0.2) is 5.75 Å². The van der Waals surface area contributed by atoms with Crippen LogP contribution in [0.25, 0.3) is 22.2 Å². The molecule has 0 spiro atoms. The third-order valence-electron chi connectivity index (χ3n) is 7.62. The summed E-state index contributed by atoms with van der Waals surface area (Å²) in [6.07, 6.45) is 2.76. The smallest absolute Gasteiger partial charge is 0.504 e. The van der Waals surface area contributed by atoms with Crippen LogP contribution >= 0.6 is 24.8 Å². The predicted molar refractivity (Wildman–Crippen MR) is 148 cm³/mol. The monoisotopic (exact) mass is 552 g/mol. The number of ether oxygens (including phenoxy) is 1. The first-order valence-corrected chi connectivity index (χ1v) is 12.1. The Balaban J connectivity index is 0.00000190. The van der Waals surface area contributed by atoms with Crippen LogP contribution in [0.15, 0.2) is 23.0 Å². The van der Waals surface area contributed by atoms with E-state index >= 15 is 0 Å². The van der Waals surface area contributed by atoms with Crippen LogP contribution in [-0.2, 0) is 26.4 Å². The van der Waals surface area contributed by atoms with Gasteiger partial charge in [0.1, 0.15) is 0 Å². The maximum atomic E-state index is 12.6. The van der Waals surface area contributed by atoms with Crippen molar-refractivity contribution in [3.8, 4) is 22.8 Å². The Kier molecular flexibility index (Phi) is 8.85. The fourth-order valence-corrected chi connectivity index (χ4v) is 5.62. The second-order valence-corrected chi connectivity index (χ2v) is 9.94. The van der Waals surface area contributed by atoms with Crippen LogP contribution in [0.3, 0.4) is 0 Å². The molecule has 37 heavy (non-hydrogen) atoms. The quantitative estimate of drug-likeness (QED) is 0.417. The molecule has 1 aliphatic heterocycles. The maximum Gasteiger partial charge on any atom is 0.511 e. The van der Waals surface area contributed by atoms with E-state index in [0.29, 0.717) is 23.7 Å². The Hall–Kier alpha value is -2.72. The molecule has 3 aromatic rings. The summed E-state index contributed by atoms with van der Waals surface area (Å²) < 4.78 is 6.82. The number of hydrogen-bond donors (Lipinski definition) is 3. The molecular formula is C26H34Cl2N4O5. The maximum absolute atomic E-state index is 12.6. The lowest BCUT2D eigenvalue weighted by atomic mass is 9.99. The number of carboxylic acid groups (broad SMARTS) is 1. The van der Waals surface area contributed by atoms with Gasteiger partial charge in [-0.05, 0) is 70.0 Å². The molecule has 2 aliphatic rings. The molecule has 0 unspecified atom stereocenters. The van der Waals surface area contributed by atoms with Crippen molar-refractivity contribution in [2.45, 2.75) is 44.7 Å². The van der Waals surface area contributed by atoms with Crippen molar-refractivity contribution in [1.29, 1.82) is 0 Å². The lowest BCUT2D eigenvalue weighted by molar-refractivity contribution is 0.138. The zero-order valence-electron chi connectivity index (χ0n) is 21.2. The van der Waals surface area contributed by atoms with Crippen molar-refractivity contribution in [2.75, 3.05) is 27.2 Å². The number of nitrogens with zero attached hydrogens (tertiary/aromatic N) is 3. The van der Waals surface area contributed by atoms with Crippen LogP contribution in [0.1, 0.15) is 36.1 Å². The zero-order valence-corrected chi connectivity index (χ0v) is 22.9. The first-order valence-electron chi connectivity index (χ1n) is 12.1. The number of nitrogens with one attached hydrogen (secondary N) is 1. The highest BCUT2D eigenvalue weighted by Gasteiger charge is 2.26. The second kappa shape index (κ2) is 11.3. The summed E-state index contributed by atoms with van der Waals surface area (Å²) >= 11 is 0. The van der Waals surface area contributed by atoms with Gasteiger partial charge in [0.05, 0.1) is 5.69 Å². The number of aromatic hydroxyl groups is 1. The number of carbonyl (C=O) groups is 1. The van der Waals surface area contributed by atoms with Crippen molar-refractivity contribution in [3.05, 3.63) is 45.4 Å². The molecule has 5 rings (SSSR count). The van der Waals surface area contributed by atoms with Crippen molar-refractivity contribution in [3.63, 3.8) is 0 Å². The summed E-state index contributed by atoms with van der Waals surface area (Å²) in [5.74, 6) is -0.963. The summed E-state index contributed by atoms with van der Waals surface area (Å²) in [7, 11) is 6.41. The first-order chi connectivity index (χ1) is 16.7. The Labute approximate surface area is 227 Å². The number of aryl methyl sites for hydroxylation is 2. The highest BCUT2D eigenvalue weighted by atomic mass is 35.5. The lowest BCUT2D eigenvalue weighted by Gasteiger charge is -2.35. The van der Waals surface area contributed by atoms with Crippen molar-refractivity contribution in [1.82, 2.24) is 19.4 Å². The van der Waals surface area contributed by atoms with Gasteiger partial charge in [-0.25, -0.2) is 4.79 Å². The van der Waals surface area contributed by atoms with Gasteiger partial charge >= 0.3 is 6.16 Å². The Morgan fingerprint density at radius 1 is 1.16 bits per heavy atom. The molecule has 0 saturated carbocycles. The van der Waals surface area contributed by atoms with Gasteiger partial charge in [0.2, 0.25) is 5.75 Å². The Morgan fingerprint density at radius 2 is 1.86 bits per heavy atom. The number of aromatic nitrogens is 2. The third kappa shape index (κ3) is 5.45. The van der Waals surface area contributed by atoms with E-state index in [4.69, 9.17) is 5.11 Å². The van der Waals surface area contributed by atoms with E-state index in [1.807, 2.05) is 0 Å². The number of piperidine rings is 1. The number of halogens is 2. The highest BCUT2D eigenvalue weighted by molar-refractivity contribution is 5.89. The third-order valence-corrected chi connectivity index (χ3v) is 7.62. The van der Waals surface area contributed by atoms with Crippen LogP contribution in [-0.4, -0.2) is 68.9 Å². The van der Waals surface area contributed by atoms with E-state index < -0.39 is 23.2 Å². The van der Waals surface area contributed by atoms with Crippen molar-refractivity contribution < 1.29 is 19.7 Å².